The number of hydrogen-bond donors (Lipinski definition) is 1. The minimum atomic E-state index is -0.441. The number of likely N-dealkylation sites (tertiary alicyclic amines) is 1. The van der Waals surface area contributed by atoms with E-state index in [-0.39, 0.29) is 0 Å². The van der Waals surface area contributed by atoms with Crippen LogP contribution < -0.4 is 4.74 Å². The predicted molar refractivity (Wildman–Crippen MR) is 116 cm³/mol. The number of benzene rings is 1. The lowest BCUT2D eigenvalue weighted by molar-refractivity contribution is 0.108. The Balaban J connectivity index is 1.51. The van der Waals surface area contributed by atoms with Crippen LogP contribution in [0.4, 0.5) is 0 Å². The van der Waals surface area contributed by atoms with Gasteiger partial charge in [0.05, 0.1) is 18.7 Å². The summed E-state index contributed by atoms with van der Waals surface area (Å²) in [6.45, 7) is 5.87. The monoisotopic (exact) mass is 384 g/mol. The number of fused-ring (bicyclic) bond motifs is 1. The van der Waals surface area contributed by atoms with E-state index in [1.807, 2.05) is 24.3 Å². The molecule has 4 nitrogen and oxygen atoms in total. The van der Waals surface area contributed by atoms with Crippen LogP contribution in [0.25, 0.3) is 10.9 Å². The number of hydrogen-bond acceptors (Lipinski definition) is 4. The van der Waals surface area contributed by atoms with Gasteiger partial charge in [0.1, 0.15) is 5.75 Å². The van der Waals surface area contributed by atoms with Crippen LogP contribution in [0.2, 0.25) is 0 Å². The number of piperidine rings is 1. The molecular weight excluding hydrogens is 348 g/mol. The molecule has 4 heteroatoms. The third kappa shape index (κ3) is 5.68. The van der Waals surface area contributed by atoms with Crippen LogP contribution in [-0.2, 0) is 0 Å². The number of unbranched alkanes of at least 4 members (excludes halogenated alkanes) is 4. The third-order valence-corrected chi connectivity index (χ3v) is 6.18. The van der Waals surface area contributed by atoms with Crippen molar-refractivity contribution in [2.75, 3.05) is 26.7 Å². The molecule has 1 aromatic heterocycles. The zero-order valence-corrected chi connectivity index (χ0v) is 17.6. The summed E-state index contributed by atoms with van der Waals surface area (Å²) in [6.07, 6.45) is 11.3. The van der Waals surface area contributed by atoms with Crippen molar-refractivity contribution in [2.45, 2.75) is 64.4 Å². The summed E-state index contributed by atoms with van der Waals surface area (Å²) in [7, 11) is 1.67. The van der Waals surface area contributed by atoms with Crippen LogP contribution in [0.15, 0.2) is 30.5 Å². The van der Waals surface area contributed by atoms with E-state index in [1.54, 1.807) is 13.3 Å². The van der Waals surface area contributed by atoms with Gasteiger partial charge in [-0.3, -0.25) is 4.98 Å². The molecule has 3 rings (SSSR count). The maximum absolute atomic E-state index is 10.9. The van der Waals surface area contributed by atoms with Crippen LogP contribution in [0, 0.1) is 5.92 Å². The molecule has 0 radical (unpaired) electrons. The predicted octanol–water partition coefficient (Wildman–Crippen LogP) is 5.35. The van der Waals surface area contributed by atoms with Crippen LogP contribution >= 0.6 is 0 Å². The molecule has 2 heterocycles. The van der Waals surface area contributed by atoms with Gasteiger partial charge in [0.15, 0.2) is 0 Å². The highest BCUT2D eigenvalue weighted by molar-refractivity contribution is 5.83. The molecule has 1 N–H and O–H groups in total. The molecule has 1 fully saturated rings. The van der Waals surface area contributed by atoms with Crippen LogP contribution in [0.1, 0.15) is 70.0 Å². The van der Waals surface area contributed by atoms with Crippen molar-refractivity contribution in [1.29, 1.82) is 0 Å². The molecule has 1 aliphatic heterocycles. The molecular formula is C24H36N2O2. The van der Waals surface area contributed by atoms with Gasteiger partial charge >= 0.3 is 0 Å². The zero-order valence-electron chi connectivity index (χ0n) is 17.6. The number of aliphatic hydroxyl groups excluding tert-OH is 1. The number of pyridine rings is 1. The van der Waals surface area contributed by atoms with E-state index < -0.39 is 6.10 Å². The van der Waals surface area contributed by atoms with Gasteiger partial charge in [0.25, 0.3) is 0 Å². The first kappa shape index (κ1) is 21.1. The topological polar surface area (TPSA) is 45.6 Å². The molecule has 2 aromatic rings. The lowest BCUT2D eigenvalue weighted by Gasteiger charge is -2.33. The third-order valence-electron chi connectivity index (χ3n) is 6.18. The van der Waals surface area contributed by atoms with Gasteiger partial charge in [-0.1, -0.05) is 32.6 Å². The molecule has 0 aliphatic carbocycles. The van der Waals surface area contributed by atoms with Crippen LogP contribution in [0.3, 0.4) is 0 Å². The molecule has 1 atom stereocenters. The Hall–Kier alpha value is -1.65. The number of aromatic nitrogens is 1. The lowest BCUT2D eigenvalue weighted by atomic mass is 9.88. The van der Waals surface area contributed by atoms with Gasteiger partial charge in [0, 0.05) is 11.6 Å². The lowest BCUT2D eigenvalue weighted by Crippen LogP contribution is -2.34. The minimum Gasteiger partial charge on any atom is -0.497 e. The fourth-order valence-corrected chi connectivity index (χ4v) is 4.39. The minimum absolute atomic E-state index is 0.441. The summed E-state index contributed by atoms with van der Waals surface area (Å²) in [6, 6.07) is 7.83. The summed E-state index contributed by atoms with van der Waals surface area (Å²) < 4.78 is 5.36. The summed E-state index contributed by atoms with van der Waals surface area (Å²) >= 11 is 0. The molecule has 0 amide bonds. The van der Waals surface area contributed by atoms with Gasteiger partial charge in [-0.05, 0) is 81.1 Å². The molecule has 1 aromatic carbocycles. The highest BCUT2D eigenvalue weighted by Crippen LogP contribution is 2.32. The Morgan fingerprint density at radius 3 is 2.68 bits per heavy atom. The number of ether oxygens (including phenoxy) is 1. The fraction of sp³-hybridized carbons (Fsp3) is 0.625. The van der Waals surface area contributed by atoms with E-state index in [0.29, 0.717) is 5.92 Å². The SMILES string of the molecule is CCCCCCCN1CCC(CC(O)c2ccnc3ccc(OC)cc23)CC1. The van der Waals surface area contributed by atoms with Crippen LogP contribution in [-0.4, -0.2) is 41.7 Å². The second-order valence-electron chi connectivity index (χ2n) is 8.23. The van der Waals surface area contributed by atoms with Crippen LogP contribution in [0.5, 0.6) is 5.75 Å². The van der Waals surface area contributed by atoms with Crippen molar-refractivity contribution in [1.82, 2.24) is 9.88 Å². The standard InChI is InChI=1S/C24H36N2O2/c1-3-4-5-6-7-14-26-15-11-19(12-16-26)17-24(27)21-10-13-25-23-9-8-20(28-2)18-22(21)23/h8-10,13,18-19,24,27H,3-7,11-12,14-17H2,1-2H3. The van der Waals surface area contributed by atoms with E-state index in [1.165, 1.54) is 64.6 Å². The smallest absolute Gasteiger partial charge is 0.119 e. The summed E-state index contributed by atoms with van der Waals surface area (Å²) in [5.41, 5.74) is 1.89. The summed E-state index contributed by atoms with van der Waals surface area (Å²) in [5, 5.41) is 11.9. The van der Waals surface area contributed by atoms with Gasteiger partial charge in [-0.15, -0.1) is 0 Å². The number of aliphatic hydroxyl groups is 1. The Labute approximate surface area is 169 Å². The molecule has 0 spiro atoms. The first-order valence-electron chi connectivity index (χ1n) is 11.0. The van der Waals surface area contributed by atoms with Crippen molar-refractivity contribution >= 4 is 10.9 Å². The average Bonchev–Trinajstić information content (AvgIpc) is 2.73. The highest BCUT2D eigenvalue weighted by Gasteiger charge is 2.23. The molecule has 28 heavy (non-hydrogen) atoms. The van der Waals surface area contributed by atoms with E-state index in [4.69, 9.17) is 4.74 Å². The average molecular weight is 385 g/mol. The molecule has 1 aliphatic rings. The Morgan fingerprint density at radius 2 is 1.93 bits per heavy atom. The van der Waals surface area contributed by atoms with E-state index in [2.05, 4.69) is 16.8 Å². The van der Waals surface area contributed by atoms with Crippen molar-refractivity contribution < 1.29 is 9.84 Å². The fourth-order valence-electron chi connectivity index (χ4n) is 4.39. The van der Waals surface area contributed by atoms with E-state index in [0.717, 1.165) is 28.6 Å². The van der Waals surface area contributed by atoms with Gasteiger partial charge in [-0.2, -0.15) is 0 Å². The number of rotatable bonds is 10. The largest absolute Gasteiger partial charge is 0.497 e. The molecule has 1 unspecified atom stereocenters. The first-order chi connectivity index (χ1) is 13.7. The van der Waals surface area contributed by atoms with Crippen molar-refractivity contribution in [3.63, 3.8) is 0 Å². The van der Waals surface area contributed by atoms with Crippen molar-refractivity contribution in [2.24, 2.45) is 5.92 Å². The Morgan fingerprint density at radius 1 is 1.14 bits per heavy atom. The Kier molecular flexibility index (Phi) is 8.11. The highest BCUT2D eigenvalue weighted by atomic mass is 16.5. The summed E-state index contributed by atoms with van der Waals surface area (Å²) in [4.78, 5) is 7.04. The molecule has 1 saturated heterocycles. The van der Waals surface area contributed by atoms with E-state index >= 15 is 0 Å². The number of nitrogens with zero attached hydrogens (tertiary/aromatic N) is 2. The second-order valence-corrected chi connectivity index (χ2v) is 8.23. The van der Waals surface area contributed by atoms with Crippen molar-refractivity contribution in [3.05, 3.63) is 36.0 Å². The summed E-state index contributed by atoms with van der Waals surface area (Å²) in [5.74, 6) is 1.40. The normalized spacial score (nSPS) is 17.1. The van der Waals surface area contributed by atoms with Gasteiger partial charge < -0.3 is 14.7 Å². The molecule has 0 bridgehead atoms. The van der Waals surface area contributed by atoms with E-state index in [9.17, 15) is 5.11 Å². The maximum atomic E-state index is 10.9. The zero-order chi connectivity index (χ0) is 19.8. The first-order valence-corrected chi connectivity index (χ1v) is 11.0. The molecule has 0 saturated carbocycles. The van der Waals surface area contributed by atoms with Gasteiger partial charge in [-0.25, -0.2) is 0 Å². The maximum Gasteiger partial charge on any atom is 0.119 e. The number of methoxy groups -OCH3 is 1. The quantitative estimate of drug-likeness (QED) is 0.561. The second kappa shape index (κ2) is 10.8. The van der Waals surface area contributed by atoms with Crippen molar-refractivity contribution in [3.8, 4) is 5.75 Å². The molecule has 154 valence electrons. The Bertz CT molecular complexity index is 726. The van der Waals surface area contributed by atoms with Gasteiger partial charge in [0.2, 0.25) is 0 Å².